The number of benzene rings is 1. The van der Waals surface area contributed by atoms with E-state index in [1.54, 1.807) is 0 Å². The summed E-state index contributed by atoms with van der Waals surface area (Å²) in [4.78, 5) is 12.2. The maximum absolute atomic E-state index is 12.2. The van der Waals surface area contributed by atoms with Gasteiger partial charge in [-0.3, -0.25) is 4.79 Å². The molecule has 1 aliphatic heterocycles. The number of amides is 1. The molecule has 1 amide bonds. The van der Waals surface area contributed by atoms with Crippen molar-refractivity contribution in [3.8, 4) is 5.75 Å². The predicted octanol–water partition coefficient (Wildman–Crippen LogP) is 2.69. The topological polar surface area (TPSA) is 50.4 Å². The minimum atomic E-state index is -0.0325. The lowest BCUT2D eigenvalue weighted by molar-refractivity contribution is -0.126. The zero-order chi connectivity index (χ0) is 15.2. The van der Waals surface area contributed by atoms with Gasteiger partial charge < -0.3 is 15.4 Å². The maximum atomic E-state index is 12.2. The lowest BCUT2D eigenvalue weighted by Gasteiger charge is -2.27. The van der Waals surface area contributed by atoms with Crippen molar-refractivity contribution in [2.45, 2.75) is 45.8 Å². The Morgan fingerprint density at radius 3 is 2.95 bits per heavy atom. The Bertz CT molecular complexity index is 481. The molecule has 1 aromatic carbocycles. The Morgan fingerprint density at radius 2 is 2.27 bits per heavy atom. The highest BCUT2D eigenvalue weighted by Crippen LogP contribution is 2.16. The fourth-order valence-electron chi connectivity index (χ4n) is 2.72. The molecule has 0 aromatic heterocycles. The average molecular weight is 327 g/mol. The number of carbonyl (C=O) groups is 1. The number of ether oxygens (including phenoxy) is 1. The summed E-state index contributed by atoms with van der Waals surface area (Å²) in [6.45, 7) is 7.62. The summed E-state index contributed by atoms with van der Waals surface area (Å²) in [7, 11) is 0. The van der Waals surface area contributed by atoms with Gasteiger partial charge in [-0.1, -0.05) is 12.1 Å². The van der Waals surface area contributed by atoms with Crippen molar-refractivity contribution in [3.05, 3.63) is 29.8 Å². The molecule has 2 N–H and O–H groups in total. The van der Waals surface area contributed by atoms with Gasteiger partial charge in [0.25, 0.3) is 0 Å². The summed E-state index contributed by atoms with van der Waals surface area (Å²) in [5.41, 5.74) is 1.17. The Hall–Kier alpha value is -1.26. The number of aryl methyl sites for hydroxylation is 1. The molecule has 1 aromatic rings. The lowest BCUT2D eigenvalue weighted by atomic mass is 9.92. The highest BCUT2D eigenvalue weighted by Gasteiger charge is 2.24. The minimum absolute atomic E-state index is 0. The van der Waals surface area contributed by atoms with Gasteiger partial charge in [-0.05, 0) is 57.9 Å². The first-order valence-corrected chi connectivity index (χ1v) is 7.79. The summed E-state index contributed by atoms with van der Waals surface area (Å²) in [6, 6.07) is 8.40. The van der Waals surface area contributed by atoms with E-state index in [1.165, 1.54) is 5.56 Å². The van der Waals surface area contributed by atoms with E-state index in [9.17, 15) is 4.79 Å². The highest BCUT2D eigenvalue weighted by atomic mass is 35.5. The molecule has 4 nitrogen and oxygen atoms in total. The molecule has 1 saturated heterocycles. The van der Waals surface area contributed by atoms with Crippen LogP contribution in [0.15, 0.2) is 24.3 Å². The first-order chi connectivity index (χ1) is 10.0. The van der Waals surface area contributed by atoms with Crippen LogP contribution in [0.2, 0.25) is 0 Å². The first-order valence-electron chi connectivity index (χ1n) is 7.79. The number of hydrogen-bond donors (Lipinski definition) is 2. The molecule has 2 rings (SSSR count). The average Bonchev–Trinajstić information content (AvgIpc) is 2.45. The van der Waals surface area contributed by atoms with Crippen molar-refractivity contribution in [1.82, 2.24) is 10.6 Å². The lowest BCUT2D eigenvalue weighted by Crippen LogP contribution is -2.44. The van der Waals surface area contributed by atoms with Gasteiger partial charge in [0.05, 0.1) is 6.54 Å². The molecule has 1 unspecified atom stereocenters. The zero-order valence-electron chi connectivity index (χ0n) is 13.6. The molecule has 3 atom stereocenters. The molecular formula is C17H27ClN2O2. The van der Waals surface area contributed by atoms with Crippen molar-refractivity contribution in [2.24, 2.45) is 5.92 Å². The molecule has 5 heteroatoms. The molecule has 0 aliphatic carbocycles. The van der Waals surface area contributed by atoms with E-state index in [1.807, 2.05) is 38.1 Å². The quantitative estimate of drug-likeness (QED) is 0.874. The number of rotatable bonds is 5. The SMILES string of the molecule is Cc1cccc(OC(C)CNC(=O)[C@H]2CCN[C@@H](C)C2)c1.Cl. The molecule has 1 heterocycles. The second kappa shape index (κ2) is 9.01. The Morgan fingerprint density at radius 1 is 1.50 bits per heavy atom. The van der Waals surface area contributed by atoms with Crippen LogP contribution in [0.25, 0.3) is 0 Å². The molecule has 0 spiro atoms. The van der Waals surface area contributed by atoms with Crippen molar-refractivity contribution in [2.75, 3.05) is 13.1 Å². The summed E-state index contributed by atoms with van der Waals surface area (Å²) < 4.78 is 5.83. The number of piperidine rings is 1. The third-order valence-electron chi connectivity index (χ3n) is 3.89. The van der Waals surface area contributed by atoms with Crippen molar-refractivity contribution < 1.29 is 9.53 Å². The molecule has 1 aliphatic rings. The van der Waals surface area contributed by atoms with Crippen LogP contribution in [0, 0.1) is 12.8 Å². The minimum Gasteiger partial charge on any atom is -0.489 e. The first kappa shape index (κ1) is 18.8. The molecule has 0 saturated carbocycles. The fourth-order valence-corrected chi connectivity index (χ4v) is 2.72. The van der Waals surface area contributed by atoms with E-state index < -0.39 is 0 Å². The van der Waals surface area contributed by atoms with Crippen LogP contribution in [-0.4, -0.2) is 31.1 Å². The largest absolute Gasteiger partial charge is 0.489 e. The summed E-state index contributed by atoms with van der Waals surface area (Å²) in [5.74, 6) is 1.14. The summed E-state index contributed by atoms with van der Waals surface area (Å²) in [6.07, 6.45) is 1.80. The Labute approximate surface area is 139 Å². The normalized spacial score (nSPS) is 22.3. The zero-order valence-corrected chi connectivity index (χ0v) is 14.4. The van der Waals surface area contributed by atoms with E-state index in [2.05, 4.69) is 17.6 Å². The van der Waals surface area contributed by atoms with E-state index in [-0.39, 0.29) is 30.3 Å². The predicted molar refractivity (Wildman–Crippen MR) is 91.7 cm³/mol. The molecule has 0 bridgehead atoms. The monoisotopic (exact) mass is 326 g/mol. The van der Waals surface area contributed by atoms with Gasteiger partial charge in [-0.2, -0.15) is 0 Å². The second-order valence-corrected chi connectivity index (χ2v) is 6.07. The van der Waals surface area contributed by atoms with Crippen molar-refractivity contribution in [1.29, 1.82) is 0 Å². The molecule has 124 valence electrons. The van der Waals surface area contributed by atoms with Crippen LogP contribution in [0.1, 0.15) is 32.3 Å². The van der Waals surface area contributed by atoms with Gasteiger partial charge in [0, 0.05) is 12.0 Å². The van der Waals surface area contributed by atoms with E-state index in [4.69, 9.17) is 4.74 Å². The van der Waals surface area contributed by atoms with Crippen LogP contribution in [-0.2, 0) is 4.79 Å². The standard InChI is InChI=1S/C17H26N2O2.ClH/c1-12-5-4-6-16(9-12)21-14(3)11-19-17(20)15-7-8-18-13(2)10-15;/h4-6,9,13-15,18H,7-8,10-11H2,1-3H3,(H,19,20);1H/t13-,14?,15-;/m0./s1. The molecule has 0 radical (unpaired) electrons. The number of hydrogen-bond acceptors (Lipinski definition) is 3. The van der Waals surface area contributed by atoms with Crippen molar-refractivity contribution in [3.63, 3.8) is 0 Å². The van der Waals surface area contributed by atoms with Crippen LogP contribution < -0.4 is 15.4 Å². The van der Waals surface area contributed by atoms with Gasteiger partial charge in [-0.25, -0.2) is 0 Å². The molecular weight excluding hydrogens is 300 g/mol. The Kier molecular flexibility index (Phi) is 7.69. The van der Waals surface area contributed by atoms with E-state index in [0.29, 0.717) is 12.6 Å². The smallest absolute Gasteiger partial charge is 0.223 e. The van der Waals surface area contributed by atoms with Crippen LogP contribution in [0.4, 0.5) is 0 Å². The summed E-state index contributed by atoms with van der Waals surface area (Å²) >= 11 is 0. The third kappa shape index (κ3) is 5.85. The second-order valence-electron chi connectivity index (χ2n) is 6.07. The number of carbonyl (C=O) groups excluding carboxylic acids is 1. The van der Waals surface area contributed by atoms with Crippen LogP contribution >= 0.6 is 12.4 Å². The Balaban J connectivity index is 0.00000242. The molecule has 22 heavy (non-hydrogen) atoms. The molecule has 1 fully saturated rings. The number of halogens is 1. The van der Waals surface area contributed by atoms with Crippen LogP contribution in [0.3, 0.4) is 0 Å². The van der Waals surface area contributed by atoms with Crippen molar-refractivity contribution >= 4 is 18.3 Å². The van der Waals surface area contributed by atoms with Gasteiger partial charge >= 0.3 is 0 Å². The van der Waals surface area contributed by atoms with E-state index >= 15 is 0 Å². The third-order valence-corrected chi connectivity index (χ3v) is 3.89. The van der Waals surface area contributed by atoms with E-state index in [0.717, 1.165) is 25.1 Å². The fraction of sp³-hybridized carbons (Fsp3) is 0.588. The van der Waals surface area contributed by atoms with Gasteiger partial charge in [0.15, 0.2) is 0 Å². The highest BCUT2D eigenvalue weighted by molar-refractivity contribution is 5.85. The van der Waals surface area contributed by atoms with Gasteiger partial charge in [0.2, 0.25) is 5.91 Å². The van der Waals surface area contributed by atoms with Gasteiger partial charge in [0.1, 0.15) is 11.9 Å². The maximum Gasteiger partial charge on any atom is 0.223 e. The van der Waals surface area contributed by atoms with Gasteiger partial charge in [-0.15, -0.1) is 12.4 Å². The summed E-state index contributed by atoms with van der Waals surface area (Å²) in [5, 5.41) is 6.38. The van der Waals surface area contributed by atoms with Crippen LogP contribution in [0.5, 0.6) is 5.75 Å². The number of nitrogens with one attached hydrogen (secondary N) is 2.